The molecule has 0 bridgehead atoms. The molecule has 0 saturated heterocycles. The summed E-state index contributed by atoms with van der Waals surface area (Å²) in [5.74, 6) is 0.766. The molecule has 2 aromatic heterocycles. The van der Waals surface area contributed by atoms with Crippen molar-refractivity contribution in [2.45, 2.75) is 44.2 Å². The van der Waals surface area contributed by atoms with Crippen LogP contribution in [-0.4, -0.2) is 28.0 Å². The lowest BCUT2D eigenvalue weighted by Gasteiger charge is -2.41. The predicted molar refractivity (Wildman–Crippen MR) is 89.4 cm³/mol. The van der Waals surface area contributed by atoms with Gasteiger partial charge in [-0.15, -0.1) is 0 Å². The maximum atomic E-state index is 13.7. The van der Waals surface area contributed by atoms with Crippen LogP contribution in [-0.2, 0) is 10.2 Å². The quantitative estimate of drug-likeness (QED) is 0.942. The van der Waals surface area contributed by atoms with Gasteiger partial charge in [0, 0.05) is 30.0 Å². The maximum absolute atomic E-state index is 13.7. The Morgan fingerprint density at radius 2 is 1.92 bits per heavy atom. The first-order valence-corrected chi connectivity index (χ1v) is 8.14. The Morgan fingerprint density at radius 1 is 1.21 bits per heavy atom. The van der Waals surface area contributed by atoms with E-state index in [0.717, 1.165) is 24.2 Å². The molecule has 6 heteroatoms. The molecule has 2 aromatic rings. The molecule has 0 spiro atoms. The van der Waals surface area contributed by atoms with Gasteiger partial charge in [-0.2, -0.15) is 0 Å². The van der Waals surface area contributed by atoms with Crippen LogP contribution in [0.5, 0.6) is 0 Å². The number of hydrogen-bond donors (Lipinski definition) is 1. The Hall–Kier alpha value is -2.50. The van der Waals surface area contributed by atoms with Crippen LogP contribution in [0.2, 0.25) is 0 Å². The SMILES string of the molecule is CC1(C)C(=O)N(C2CC(Nc3ncccc3F)C2)c2ncccc21. The first-order chi connectivity index (χ1) is 11.5. The summed E-state index contributed by atoms with van der Waals surface area (Å²) in [7, 11) is 0. The molecule has 1 aliphatic heterocycles. The van der Waals surface area contributed by atoms with Gasteiger partial charge in [-0.3, -0.25) is 9.69 Å². The molecule has 1 aliphatic carbocycles. The van der Waals surface area contributed by atoms with E-state index >= 15 is 0 Å². The Kier molecular flexibility index (Phi) is 3.30. The number of nitrogens with one attached hydrogen (secondary N) is 1. The first-order valence-electron chi connectivity index (χ1n) is 8.14. The zero-order valence-corrected chi connectivity index (χ0v) is 13.7. The van der Waals surface area contributed by atoms with Crippen molar-refractivity contribution in [1.29, 1.82) is 0 Å². The molecule has 0 atom stereocenters. The monoisotopic (exact) mass is 326 g/mol. The number of fused-ring (bicyclic) bond motifs is 1. The van der Waals surface area contributed by atoms with Crippen molar-refractivity contribution in [2.75, 3.05) is 10.2 Å². The molecule has 3 heterocycles. The van der Waals surface area contributed by atoms with E-state index in [-0.39, 0.29) is 29.6 Å². The average Bonchev–Trinajstić information content (AvgIpc) is 2.73. The minimum Gasteiger partial charge on any atom is -0.365 e. The van der Waals surface area contributed by atoms with Gasteiger partial charge in [0.05, 0.1) is 5.41 Å². The molecule has 0 aromatic carbocycles. The van der Waals surface area contributed by atoms with Crippen molar-refractivity contribution in [3.8, 4) is 0 Å². The van der Waals surface area contributed by atoms with Crippen LogP contribution in [0.1, 0.15) is 32.3 Å². The lowest BCUT2D eigenvalue weighted by molar-refractivity contribution is -0.122. The number of carbonyl (C=O) groups excluding carboxylic acids is 1. The minimum absolute atomic E-state index is 0.0867. The standard InChI is InChI=1S/C18H19FN4O/c1-18(2)13-5-3-8-21-16(13)23(17(18)24)12-9-11(10-12)22-15-14(19)6-4-7-20-15/h3-8,11-12H,9-10H2,1-2H3,(H,20,22). The lowest BCUT2D eigenvalue weighted by atomic mass is 9.84. The smallest absolute Gasteiger partial charge is 0.238 e. The fourth-order valence-electron chi connectivity index (χ4n) is 3.53. The molecule has 24 heavy (non-hydrogen) atoms. The number of hydrogen-bond acceptors (Lipinski definition) is 4. The summed E-state index contributed by atoms with van der Waals surface area (Å²) < 4.78 is 13.7. The topological polar surface area (TPSA) is 58.1 Å². The number of rotatable bonds is 3. The van der Waals surface area contributed by atoms with Gasteiger partial charge < -0.3 is 5.32 Å². The molecule has 5 nitrogen and oxygen atoms in total. The summed E-state index contributed by atoms with van der Waals surface area (Å²) in [6.45, 7) is 3.88. The van der Waals surface area contributed by atoms with Crippen molar-refractivity contribution in [3.63, 3.8) is 0 Å². The van der Waals surface area contributed by atoms with Crippen LogP contribution < -0.4 is 10.2 Å². The molecule has 1 saturated carbocycles. The van der Waals surface area contributed by atoms with Crippen LogP contribution in [0.4, 0.5) is 16.0 Å². The van der Waals surface area contributed by atoms with E-state index in [2.05, 4.69) is 15.3 Å². The predicted octanol–water partition coefficient (Wildman–Crippen LogP) is 2.88. The van der Waals surface area contributed by atoms with Gasteiger partial charge in [-0.25, -0.2) is 14.4 Å². The Balaban J connectivity index is 1.50. The average molecular weight is 326 g/mol. The number of halogens is 1. The van der Waals surface area contributed by atoms with E-state index in [1.807, 2.05) is 30.9 Å². The molecule has 0 radical (unpaired) electrons. The van der Waals surface area contributed by atoms with Gasteiger partial charge in [0.1, 0.15) is 5.82 Å². The molecular weight excluding hydrogens is 307 g/mol. The van der Waals surface area contributed by atoms with Gasteiger partial charge in [-0.05, 0) is 44.9 Å². The maximum Gasteiger partial charge on any atom is 0.238 e. The number of carbonyl (C=O) groups is 1. The lowest BCUT2D eigenvalue weighted by Crippen LogP contribution is -2.53. The van der Waals surface area contributed by atoms with E-state index in [0.29, 0.717) is 0 Å². The summed E-state index contributed by atoms with van der Waals surface area (Å²) in [5.41, 5.74) is 0.428. The van der Waals surface area contributed by atoms with Crippen molar-refractivity contribution >= 4 is 17.5 Å². The van der Waals surface area contributed by atoms with Crippen molar-refractivity contribution in [3.05, 3.63) is 48.0 Å². The van der Waals surface area contributed by atoms with E-state index < -0.39 is 5.41 Å². The molecule has 124 valence electrons. The van der Waals surface area contributed by atoms with Gasteiger partial charge in [0.2, 0.25) is 5.91 Å². The molecule has 2 aliphatic rings. The number of pyridine rings is 2. The van der Waals surface area contributed by atoms with Crippen molar-refractivity contribution < 1.29 is 9.18 Å². The fraction of sp³-hybridized carbons (Fsp3) is 0.389. The van der Waals surface area contributed by atoms with Crippen LogP contribution in [0.3, 0.4) is 0 Å². The number of nitrogens with zero attached hydrogens (tertiary/aromatic N) is 3. The summed E-state index contributed by atoms with van der Waals surface area (Å²) >= 11 is 0. The summed E-state index contributed by atoms with van der Waals surface area (Å²) in [5, 5.41) is 3.12. The highest BCUT2D eigenvalue weighted by atomic mass is 19.1. The second-order valence-electron chi connectivity index (χ2n) is 6.98. The van der Waals surface area contributed by atoms with E-state index in [9.17, 15) is 9.18 Å². The third-order valence-electron chi connectivity index (χ3n) is 5.02. The Labute approximate surface area is 139 Å². The van der Waals surface area contributed by atoms with Gasteiger partial charge in [-0.1, -0.05) is 6.07 Å². The minimum atomic E-state index is -0.546. The molecule has 0 unspecified atom stereocenters. The molecular formula is C18H19FN4O. The highest BCUT2D eigenvalue weighted by Gasteiger charge is 2.50. The highest BCUT2D eigenvalue weighted by molar-refractivity contribution is 6.07. The fourth-order valence-corrected chi connectivity index (χ4v) is 3.53. The van der Waals surface area contributed by atoms with E-state index in [4.69, 9.17) is 0 Å². The van der Waals surface area contributed by atoms with Crippen molar-refractivity contribution in [2.24, 2.45) is 0 Å². The van der Waals surface area contributed by atoms with Crippen LogP contribution in [0.15, 0.2) is 36.7 Å². The zero-order valence-electron chi connectivity index (χ0n) is 13.7. The van der Waals surface area contributed by atoms with Gasteiger partial charge in [0.25, 0.3) is 0 Å². The van der Waals surface area contributed by atoms with Crippen molar-refractivity contribution in [1.82, 2.24) is 9.97 Å². The van der Waals surface area contributed by atoms with Crippen LogP contribution >= 0.6 is 0 Å². The third kappa shape index (κ3) is 2.17. The normalized spacial score (nSPS) is 24.5. The second kappa shape index (κ2) is 5.26. The number of anilines is 2. The summed E-state index contributed by atoms with van der Waals surface area (Å²) in [6, 6.07) is 7.00. The van der Waals surface area contributed by atoms with E-state index in [1.165, 1.54) is 6.07 Å². The van der Waals surface area contributed by atoms with Gasteiger partial charge in [0.15, 0.2) is 11.6 Å². The molecule has 1 N–H and O–H groups in total. The zero-order chi connectivity index (χ0) is 16.9. The Morgan fingerprint density at radius 3 is 2.67 bits per heavy atom. The number of aromatic nitrogens is 2. The Bertz CT molecular complexity index is 801. The van der Waals surface area contributed by atoms with Crippen LogP contribution in [0.25, 0.3) is 0 Å². The summed E-state index contributed by atoms with van der Waals surface area (Å²) in [6.07, 6.45) is 4.80. The van der Waals surface area contributed by atoms with Crippen LogP contribution in [0, 0.1) is 5.82 Å². The second-order valence-corrected chi connectivity index (χ2v) is 6.98. The van der Waals surface area contributed by atoms with E-state index in [1.54, 1.807) is 18.5 Å². The molecule has 4 rings (SSSR count). The largest absolute Gasteiger partial charge is 0.365 e. The summed E-state index contributed by atoms with van der Waals surface area (Å²) in [4.78, 5) is 23.1. The molecule has 1 amide bonds. The third-order valence-corrected chi connectivity index (χ3v) is 5.02. The highest BCUT2D eigenvalue weighted by Crippen LogP contribution is 2.44. The van der Waals surface area contributed by atoms with Gasteiger partial charge >= 0.3 is 0 Å². The molecule has 1 fully saturated rings. The number of amides is 1. The first kappa shape index (κ1) is 15.1.